The zero-order valence-electron chi connectivity index (χ0n) is 9.73. The molecular formula is C14H20N2. The molecule has 0 radical (unpaired) electrons. The Bertz CT molecular complexity index is 371. The molecule has 1 heterocycles. The van der Waals surface area contributed by atoms with E-state index in [0.717, 1.165) is 12.5 Å². The summed E-state index contributed by atoms with van der Waals surface area (Å²) in [5.41, 5.74) is 9.14. The summed E-state index contributed by atoms with van der Waals surface area (Å²) in [6, 6.07) is 9.16. The van der Waals surface area contributed by atoms with Gasteiger partial charge in [-0.05, 0) is 43.2 Å². The Morgan fingerprint density at radius 3 is 2.94 bits per heavy atom. The quantitative estimate of drug-likeness (QED) is 0.839. The SMILES string of the molecule is NC(CN1CCCc2ccccc21)C1CC1. The highest BCUT2D eigenvalue weighted by atomic mass is 15.1. The predicted octanol–water partition coefficient (Wildman–Crippen LogP) is 2.18. The van der Waals surface area contributed by atoms with Crippen molar-refractivity contribution in [1.29, 1.82) is 0 Å². The van der Waals surface area contributed by atoms with Crippen molar-refractivity contribution in [2.45, 2.75) is 31.7 Å². The Hall–Kier alpha value is -1.02. The highest BCUT2D eigenvalue weighted by Crippen LogP contribution is 2.33. The minimum atomic E-state index is 0.381. The van der Waals surface area contributed by atoms with Crippen molar-refractivity contribution in [2.24, 2.45) is 11.7 Å². The molecule has 1 fully saturated rings. The molecule has 2 nitrogen and oxygen atoms in total. The van der Waals surface area contributed by atoms with E-state index in [4.69, 9.17) is 5.73 Å². The van der Waals surface area contributed by atoms with Crippen LogP contribution in [0.15, 0.2) is 24.3 Å². The third-order valence-electron chi connectivity index (χ3n) is 3.87. The maximum Gasteiger partial charge on any atom is 0.0399 e. The second kappa shape index (κ2) is 4.10. The summed E-state index contributed by atoms with van der Waals surface area (Å²) in [6.45, 7) is 2.22. The van der Waals surface area contributed by atoms with Crippen LogP contribution in [0.2, 0.25) is 0 Å². The molecule has 0 spiro atoms. The van der Waals surface area contributed by atoms with Crippen LogP contribution in [0.5, 0.6) is 0 Å². The van der Waals surface area contributed by atoms with Gasteiger partial charge in [-0.25, -0.2) is 0 Å². The number of benzene rings is 1. The molecule has 1 aromatic rings. The van der Waals surface area contributed by atoms with Gasteiger partial charge in [-0.3, -0.25) is 0 Å². The lowest BCUT2D eigenvalue weighted by atomic mass is 10.0. The molecule has 0 amide bonds. The molecule has 86 valence electrons. The fourth-order valence-corrected chi connectivity index (χ4v) is 2.73. The normalized spacial score (nSPS) is 21.7. The fraction of sp³-hybridized carbons (Fsp3) is 0.571. The molecule has 1 saturated carbocycles. The van der Waals surface area contributed by atoms with Gasteiger partial charge >= 0.3 is 0 Å². The van der Waals surface area contributed by atoms with Crippen LogP contribution in [-0.2, 0) is 6.42 Å². The molecule has 16 heavy (non-hydrogen) atoms. The van der Waals surface area contributed by atoms with E-state index in [1.807, 2.05) is 0 Å². The van der Waals surface area contributed by atoms with Crippen molar-refractivity contribution in [1.82, 2.24) is 0 Å². The van der Waals surface area contributed by atoms with Crippen LogP contribution < -0.4 is 10.6 Å². The van der Waals surface area contributed by atoms with Gasteiger partial charge in [0.15, 0.2) is 0 Å². The first-order chi connectivity index (χ1) is 7.84. The molecule has 1 atom stereocenters. The van der Waals surface area contributed by atoms with Crippen molar-refractivity contribution >= 4 is 5.69 Å². The van der Waals surface area contributed by atoms with Crippen LogP contribution in [0.4, 0.5) is 5.69 Å². The van der Waals surface area contributed by atoms with E-state index < -0.39 is 0 Å². The number of nitrogens with two attached hydrogens (primary N) is 1. The highest BCUT2D eigenvalue weighted by molar-refractivity contribution is 5.55. The van der Waals surface area contributed by atoms with Gasteiger partial charge in [-0.15, -0.1) is 0 Å². The summed E-state index contributed by atoms with van der Waals surface area (Å²) in [5.74, 6) is 0.800. The maximum absolute atomic E-state index is 6.23. The predicted molar refractivity (Wildman–Crippen MR) is 67.7 cm³/mol. The topological polar surface area (TPSA) is 29.3 Å². The van der Waals surface area contributed by atoms with Crippen LogP contribution in [0.3, 0.4) is 0 Å². The Labute approximate surface area is 97.4 Å². The molecule has 2 heteroatoms. The molecular weight excluding hydrogens is 196 g/mol. The molecule has 1 aromatic carbocycles. The van der Waals surface area contributed by atoms with Gasteiger partial charge in [-0.2, -0.15) is 0 Å². The zero-order valence-corrected chi connectivity index (χ0v) is 9.73. The van der Waals surface area contributed by atoms with Crippen molar-refractivity contribution < 1.29 is 0 Å². The molecule has 2 N–H and O–H groups in total. The summed E-state index contributed by atoms with van der Waals surface area (Å²) in [6.07, 6.45) is 5.19. The van der Waals surface area contributed by atoms with Crippen molar-refractivity contribution in [3.63, 3.8) is 0 Å². The van der Waals surface area contributed by atoms with E-state index in [1.165, 1.54) is 43.5 Å². The third-order valence-corrected chi connectivity index (χ3v) is 3.87. The molecule has 1 aliphatic carbocycles. The summed E-state index contributed by atoms with van der Waals surface area (Å²) in [5, 5.41) is 0. The van der Waals surface area contributed by atoms with E-state index in [-0.39, 0.29) is 0 Å². The largest absolute Gasteiger partial charge is 0.370 e. The smallest absolute Gasteiger partial charge is 0.0399 e. The van der Waals surface area contributed by atoms with E-state index in [9.17, 15) is 0 Å². The van der Waals surface area contributed by atoms with E-state index in [1.54, 1.807) is 0 Å². The number of hydrogen-bond donors (Lipinski definition) is 1. The van der Waals surface area contributed by atoms with Crippen LogP contribution in [0, 0.1) is 5.92 Å². The maximum atomic E-state index is 6.23. The average molecular weight is 216 g/mol. The molecule has 0 aromatic heterocycles. The van der Waals surface area contributed by atoms with Crippen LogP contribution >= 0.6 is 0 Å². The second-order valence-electron chi connectivity index (χ2n) is 5.18. The summed E-state index contributed by atoms with van der Waals surface area (Å²) >= 11 is 0. The Morgan fingerprint density at radius 2 is 2.12 bits per heavy atom. The highest BCUT2D eigenvalue weighted by Gasteiger charge is 2.30. The van der Waals surface area contributed by atoms with E-state index in [2.05, 4.69) is 29.2 Å². The monoisotopic (exact) mass is 216 g/mol. The van der Waals surface area contributed by atoms with Gasteiger partial charge in [0, 0.05) is 24.8 Å². The number of nitrogens with zero attached hydrogens (tertiary/aromatic N) is 1. The molecule has 2 aliphatic rings. The molecule has 1 aliphatic heterocycles. The zero-order chi connectivity index (χ0) is 11.0. The van der Waals surface area contributed by atoms with Crippen molar-refractivity contribution in [3.05, 3.63) is 29.8 Å². The lowest BCUT2D eigenvalue weighted by Crippen LogP contribution is -2.41. The Kier molecular flexibility index (Phi) is 2.60. The molecule has 3 rings (SSSR count). The van der Waals surface area contributed by atoms with Gasteiger partial charge in [0.25, 0.3) is 0 Å². The number of aryl methyl sites for hydroxylation is 1. The van der Waals surface area contributed by atoms with Gasteiger partial charge < -0.3 is 10.6 Å². The molecule has 0 saturated heterocycles. The average Bonchev–Trinajstić information content (AvgIpc) is 3.13. The molecule has 0 bridgehead atoms. The second-order valence-corrected chi connectivity index (χ2v) is 5.18. The standard InChI is InChI=1S/C14H20N2/c15-13(11-7-8-11)10-16-9-3-5-12-4-1-2-6-14(12)16/h1-2,4,6,11,13H,3,5,7-10,15H2. The first kappa shape index (κ1) is 10.2. The Morgan fingerprint density at radius 1 is 1.31 bits per heavy atom. The number of hydrogen-bond acceptors (Lipinski definition) is 2. The minimum Gasteiger partial charge on any atom is -0.370 e. The third kappa shape index (κ3) is 1.94. The lowest BCUT2D eigenvalue weighted by molar-refractivity contribution is 0.556. The summed E-state index contributed by atoms with van der Waals surface area (Å²) < 4.78 is 0. The van der Waals surface area contributed by atoms with Gasteiger partial charge in [0.1, 0.15) is 0 Å². The van der Waals surface area contributed by atoms with Crippen molar-refractivity contribution in [3.8, 4) is 0 Å². The van der Waals surface area contributed by atoms with Gasteiger partial charge in [0.05, 0.1) is 0 Å². The van der Waals surface area contributed by atoms with Gasteiger partial charge in [-0.1, -0.05) is 18.2 Å². The number of fused-ring (bicyclic) bond motifs is 1. The van der Waals surface area contributed by atoms with Crippen LogP contribution in [-0.4, -0.2) is 19.1 Å². The van der Waals surface area contributed by atoms with Crippen LogP contribution in [0.25, 0.3) is 0 Å². The Balaban J connectivity index is 1.76. The summed E-state index contributed by atoms with van der Waals surface area (Å²) in [7, 11) is 0. The first-order valence-corrected chi connectivity index (χ1v) is 6.43. The lowest BCUT2D eigenvalue weighted by Gasteiger charge is -2.33. The van der Waals surface area contributed by atoms with Gasteiger partial charge in [0.2, 0.25) is 0 Å². The molecule has 1 unspecified atom stereocenters. The van der Waals surface area contributed by atoms with E-state index in [0.29, 0.717) is 6.04 Å². The summed E-state index contributed by atoms with van der Waals surface area (Å²) in [4.78, 5) is 2.49. The minimum absolute atomic E-state index is 0.381. The first-order valence-electron chi connectivity index (χ1n) is 6.43. The van der Waals surface area contributed by atoms with Crippen molar-refractivity contribution in [2.75, 3.05) is 18.0 Å². The van der Waals surface area contributed by atoms with Crippen LogP contribution in [0.1, 0.15) is 24.8 Å². The van der Waals surface area contributed by atoms with E-state index >= 15 is 0 Å². The number of para-hydroxylation sites is 1. The fourth-order valence-electron chi connectivity index (χ4n) is 2.73. The number of rotatable bonds is 3. The number of anilines is 1.